The van der Waals surface area contributed by atoms with Gasteiger partial charge in [-0.15, -0.1) is 0 Å². The summed E-state index contributed by atoms with van der Waals surface area (Å²) >= 11 is 0. The van der Waals surface area contributed by atoms with Crippen molar-refractivity contribution in [2.24, 2.45) is 4.99 Å². The standard InChI is InChI=1S/C18H32N4O/c1-5-22(6-2)14-7-12-20-18(19-4)21-13-15-23-17-10-8-16(3)9-11-17/h8-11H,5-7,12-15H2,1-4H3,(H2,19,20,21). The molecule has 0 aliphatic carbocycles. The lowest BCUT2D eigenvalue weighted by Gasteiger charge is -2.18. The van der Waals surface area contributed by atoms with Crippen LogP contribution in [0.1, 0.15) is 25.8 Å². The maximum Gasteiger partial charge on any atom is 0.191 e. The van der Waals surface area contributed by atoms with Crippen LogP contribution in [-0.4, -0.2) is 57.2 Å². The molecule has 0 saturated heterocycles. The Kier molecular flexibility index (Phi) is 9.87. The van der Waals surface area contributed by atoms with Gasteiger partial charge in [0.15, 0.2) is 5.96 Å². The number of hydrogen-bond acceptors (Lipinski definition) is 3. The lowest BCUT2D eigenvalue weighted by molar-refractivity contribution is 0.300. The third kappa shape index (κ3) is 8.45. The fourth-order valence-electron chi connectivity index (χ4n) is 2.24. The van der Waals surface area contributed by atoms with Crippen molar-refractivity contribution in [3.8, 4) is 5.75 Å². The van der Waals surface area contributed by atoms with Gasteiger partial charge in [-0.1, -0.05) is 31.5 Å². The zero-order valence-corrected chi connectivity index (χ0v) is 15.1. The van der Waals surface area contributed by atoms with Gasteiger partial charge in [-0.25, -0.2) is 0 Å². The largest absolute Gasteiger partial charge is 0.492 e. The van der Waals surface area contributed by atoms with Gasteiger partial charge >= 0.3 is 0 Å². The highest BCUT2D eigenvalue weighted by Gasteiger charge is 2.00. The van der Waals surface area contributed by atoms with Crippen LogP contribution >= 0.6 is 0 Å². The van der Waals surface area contributed by atoms with Crippen LogP contribution in [0.2, 0.25) is 0 Å². The molecule has 130 valence electrons. The third-order valence-electron chi connectivity index (χ3n) is 3.75. The highest BCUT2D eigenvalue weighted by molar-refractivity contribution is 5.79. The normalized spacial score (nSPS) is 11.6. The van der Waals surface area contributed by atoms with Crippen molar-refractivity contribution in [1.29, 1.82) is 0 Å². The van der Waals surface area contributed by atoms with Crippen LogP contribution in [0, 0.1) is 6.92 Å². The van der Waals surface area contributed by atoms with E-state index in [1.54, 1.807) is 7.05 Å². The first-order chi connectivity index (χ1) is 11.2. The van der Waals surface area contributed by atoms with Gasteiger partial charge in [0, 0.05) is 13.6 Å². The topological polar surface area (TPSA) is 48.9 Å². The van der Waals surface area contributed by atoms with Crippen molar-refractivity contribution in [1.82, 2.24) is 15.5 Å². The van der Waals surface area contributed by atoms with Gasteiger partial charge in [-0.3, -0.25) is 4.99 Å². The van der Waals surface area contributed by atoms with Crippen molar-refractivity contribution in [3.05, 3.63) is 29.8 Å². The van der Waals surface area contributed by atoms with Gasteiger partial charge in [-0.2, -0.15) is 0 Å². The highest BCUT2D eigenvalue weighted by atomic mass is 16.5. The van der Waals surface area contributed by atoms with Crippen molar-refractivity contribution >= 4 is 5.96 Å². The summed E-state index contributed by atoms with van der Waals surface area (Å²) < 4.78 is 5.69. The number of benzene rings is 1. The van der Waals surface area contributed by atoms with E-state index in [-0.39, 0.29) is 0 Å². The second kappa shape index (κ2) is 11.8. The van der Waals surface area contributed by atoms with E-state index >= 15 is 0 Å². The summed E-state index contributed by atoms with van der Waals surface area (Å²) in [7, 11) is 1.79. The predicted molar refractivity (Wildman–Crippen MR) is 98.4 cm³/mol. The number of nitrogens with zero attached hydrogens (tertiary/aromatic N) is 2. The van der Waals surface area contributed by atoms with Crippen LogP contribution in [0.4, 0.5) is 0 Å². The van der Waals surface area contributed by atoms with Gasteiger partial charge in [0.05, 0.1) is 6.54 Å². The number of guanidine groups is 1. The minimum Gasteiger partial charge on any atom is -0.492 e. The Morgan fingerprint density at radius 2 is 1.74 bits per heavy atom. The maximum absolute atomic E-state index is 5.69. The van der Waals surface area contributed by atoms with Crippen LogP contribution in [0.15, 0.2) is 29.3 Å². The molecule has 0 aromatic heterocycles. The fraction of sp³-hybridized carbons (Fsp3) is 0.611. The summed E-state index contributed by atoms with van der Waals surface area (Å²) in [5.41, 5.74) is 1.24. The molecule has 0 aliphatic heterocycles. The van der Waals surface area contributed by atoms with Crippen molar-refractivity contribution in [2.75, 3.05) is 46.4 Å². The number of hydrogen-bond donors (Lipinski definition) is 2. The van der Waals surface area contributed by atoms with E-state index in [0.29, 0.717) is 6.61 Å². The number of nitrogens with one attached hydrogen (secondary N) is 2. The van der Waals surface area contributed by atoms with Crippen LogP contribution in [0.25, 0.3) is 0 Å². The zero-order chi connectivity index (χ0) is 16.9. The molecule has 0 atom stereocenters. The number of ether oxygens (including phenoxy) is 1. The molecule has 0 spiro atoms. The molecule has 1 aromatic carbocycles. The van der Waals surface area contributed by atoms with E-state index in [4.69, 9.17) is 4.74 Å². The van der Waals surface area contributed by atoms with Gasteiger partial charge < -0.3 is 20.3 Å². The quantitative estimate of drug-likeness (QED) is 0.394. The second-order valence-corrected chi connectivity index (χ2v) is 5.47. The molecule has 2 N–H and O–H groups in total. The molecule has 0 amide bonds. The van der Waals surface area contributed by atoms with Crippen LogP contribution in [-0.2, 0) is 0 Å². The molecule has 5 heteroatoms. The number of rotatable bonds is 10. The Hall–Kier alpha value is -1.75. The number of aryl methyl sites for hydroxylation is 1. The van der Waals surface area contributed by atoms with Gasteiger partial charge in [0.2, 0.25) is 0 Å². The van der Waals surface area contributed by atoms with Crippen molar-refractivity contribution in [2.45, 2.75) is 27.2 Å². The van der Waals surface area contributed by atoms with E-state index in [9.17, 15) is 0 Å². The molecular weight excluding hydrogens is 288 g/mol. The first kappa shape index (κ1) is 19.3. The summed E-state index contributed by atoms with van der Waals surface area (Å²) in [5.74, 6) is 1.73. The van der Waals surface area contributed by atoms with Gasteiger partial charge in [0.25, 0.3) is 0 Å². The first-order valence-corrected chi connectivity index (χ1v) is 8.55. The molecule has 0 aliphatic rings. The Balaban J connectivity index is 2.13. The summed E-state index contributed by atoms with van der Waals surface area (Å²) in [6.07, 6.45) is 1.11. The third-order valence-corrected chi connectivity index (χ3v) is 3.75. The summed E-state index contributed by atoms with van der Waals surface area (Å²) in [5, 5.41) is 6.60. The minimum atomic E-state index is 0.614. The first-order valence-electron chi connectivity index (χ1n) is 8.55. The van der Waals surface area contributed by atoms with E-state index in [0.717, 1.165) is 50.9 Å². The lowest BCUT2D eigenvalue weighted by atomic mass is 10.2. The lowest BCUT2D eigenvalue weighted by Crippen LogP contribution is -2.40. The molecule has 0 saturated carbocycles. The van der Waals surface area contributed by atoms with Crippen molar-refractivity contribution in [3.63, 3.8) is 0 Å². The second-order valence-electron chi connectivity index (χ2n) is 5.47. The van der Waals surface area contributed by atoms with Gasteiger partial charge in [-0.05, 0) is 45.1 Å². The minimum absolute atomic E-state index is 0.614. The van der Waals surface area contributed by atoms with E-state index in [1.807, 2.05) is 12.1 Å². The summed E-state index contributed by atoms with van der Waals surface area (Å²) in [6.45, 7) is 12.1. The van der Waals surface area contributed by atoms with E-state index in [1.165, 1.54) is 5.56 Å². The SMILES string of the molecule is CCN(CC)CCCNC(=NC)NCCOc1ccc(C)cc1. The van der Waals surface area contributed by atoms with E-state index < -0.39 is 0 Å². The average molecular weight is 320 g/mol. The molecule has 23 heavy (non-hydrogen) atoms. The Labute approximate surface area is 141 Å². The summed E-state index contributed by atoms with van der Waals surface area (Å²) in [6, 6.07) is 8.10. The van der Waals surface area contributed by atoms with Crippen LogP contribution < -0.4 is 15.4 Å². The molecular formula is C18H32N4O. The van der Waals surface area contributed by atoms with Gasteiger partial charge in [0.1, 0.15) is 12.4 Å². The smallest absolute Gasteiger partial charge is 0.191 e. The monoisotopic (exact) mass is 320 g/mol. The molecule has 0 heterocycles. The molecule has 1 rings (SSSR count). The Morgan fingerprint density at radius 1 is 1.09 bits per heavy atom. The average Bonchev–Trinajstić information content (AvgIpc) is 2.58. The molecule has 5 nitrogen and oxygen atoms in total. The number of aliphatic imine (C=N–C) groups is 1. The van der Waals surface area contributed by atoms with Crippen molar-refractivity contribution < 1.29 is 4.74 Å². The summed E-state index contributed by atoms with van der Waals surface area (Å²) in [4.78, 5) is 6.65. The zero-order valence-electron chi connectivity index (χ0n) is 15.1. The Morgan fingerprint density at radius 3 is 2.35 bits per heavy atom. The Bertz CT molecular complexity index is 441. The molecule has 1 aromatic rings. The molecule has 0 radical (unpaired) electrons. The predicted octanol–water partition coefficient (Wildman–Crippen LogP) is 2.27. The fourth-order valence-corrected chi connectivity index (χ4v) is 2.24. The van der Waals surface area contributed by atoms with E-state index in [2.05, 4.69) is 53.4 Å². The molecule has 0 fully saturated rings. The van der Waals surface area contributed by atoms with Crippen LogP contribution in [0.3, 0.4) is 0 Å². The maximum atomic E-state index is 5.69. The van der Waals surface area contributed by atoms with Crippen LogP contribution in [0.5, 0.6) is 5.75 Å². The highest BCUT2D eigenvalue weighted by Crippen LogP contribution is 2.10. The molecule has 0 unspecified atom stereocenters. The molecule has 0 bridgehead atoms.